The topological polar surface area (TPSA) is 93.3 Å². The summed E-state index contributed by atoms with van der Waals surface area (Å²) in [5, 5.41) is 6.84. The standard InChI is InChI=1S/C18H19N5O3S/c24-17(10-22-12-19-11-21-22)23-7-1-4-14(23)15-5-6-16(27-15)18(25)20-9-13-3-2-8-26-13/h2-3,5-6,8,11-12,14H,1,4,7,9-10H2,(H,20,25)/t14-/m1/s1. The molecular weight excluding hydrogens is 366 g/mol. The summed E-state index contributed by atoms with van der Waals surface area (Å²) in [6.07, 6.45) is 6.38. The molecule has 2 amide bonds. The van der Waals surface area contributed by atoms with Crippen molar-refractivity contribution in [3.63, 3.8) is 0 Å². The molecule has 0 aromatic carbocycles. The van der Waals surface area contributed by atoms with Crippen molar-refractivity contribution >= 4 is 23.2 Å². The zero-order valence-corrected chi connectivity index (χ0v) is 15.4. The molecular formula is C18H19N5O3S. The minimum Gasteiger partial charge on any atom is -0.467 e. The van der Waals surface area contributed by atoms with E-state index >= 15 is 0 Å². The Morgan fingerprint density at radius 1 is 1.33 bits per heavy atom. The molecule has 1 aliphatic rings. The second-order valence-electron chi connectivity index (χ2n) is 6.30. The summed E-state index contributed by atoms with van der Waals surface area (Å²) in [5.74, 6) is 0.585. The van der Waals surface area contributed by atoms with E-state index in [0.29, 0.717) is 17.2 Å². The van der Waals surface area contributed by atoms with Crippen molar-refractivity contribution in [3.05, 3.63) is 58.7 Å². The minimum absolute atomic E-state index is 0.0117. The third kappa shape index (κ3) is 3.92. The van der Waals surface area contributed by atoms with Crippen molar-refractivity contribution in [2.75, 3.05) is 6.54 Å². The lowest BCUT2D eigenvalue weighted by molar-refractivity contribution is -0.132. The van der Waals surface area contributed by atoms with Crippen LogP contribution in [0, 0.1) is 0 Å². The fourth-order valence-electron chi connectivity index (χ4n) is 3.23. The highest BCUT2D eigenvalue weighted by Crippen LogP contribution is 2.36. The van der Waals surface area contributed by atoms with E-state index in [2.05, 4.69) is 15.4 Å². The molecule has 9 heteroatoms. The largest absolute Gasteiger partial charge is 0.467 e. The van der Waals surface area contributed by atoms with Crippen molar-refractivity contribution in [3.8, 4) is 0 Å². The average molecular weight is 385 g/mol. The van der Waals surface area contributed by atoms with Gasteiger partial charge in [0.1, 0.15) is 25.0 Å². The molecule has 0 radical (unpaired) electrons. The Kier molecular flexibility index (Phi) is 5.01. The van der Waals surface area contributed by atoms with Gasteiger partial charge in [-0.1, -0.05) is 0 Å². The fourth-order valence-corrected chi connectivity index (χ4v) is 4.30. The zero-order valence-electron chi connectivity index (χ0n) is 14.6. The third-order valence-corrected chi connectivity index (χ3v) is 5.70. The molecule has 0 spiro atoms. The van der Waals surface area contributed by atoms with Crippen LogP contribution in [0.1, 0.15) is 39.2 Å². The Balaban J connectivity index is 1.40. The highest BCUT2D eigenvalue weighted by molar-refractivity contribution is 7.14. The van der Waals surface area contributed by atoms with Gasteiger partial charge in [-0.25, -0.2) is 9.67 Å². The van der Waals surface area contributed by atoms with Gasteiger partial charge in [-0.15, -0.1) is 11.3 Å². The van der Waals surface area contributed by atoms with Crippen LogP contribution in [0.15, 0.2) is 47.6 Å². The first-order valence-corrected chi connectivity index (χ1v) is 9.54. The van der Waals surface area contributed by atoms with Crippen LogP contribution in [0.25, 0.3) is 0 Å². The van der Waals surface area contributed by atoms with Gasteiger partial charge in [0.05, 0.1) is 23.7 Å². The number of furan rings is 1. The van der Waals surface area contributed by atoms with Gasteiger partial charge in [-0.05, 0) is 37.1 Å². The number of likely N-dealkylation sites (tertiary alicyclic amines) is 1. The van der Waals surface area contributed by atoms with Gasteiger partial charge in [0, 0.05) is 11.4 Å². The molecule has 140 valence electrons. The summed E-state index contributed by atoms with van der Waals surface area (Å²) in [4.78, 5) is 32.4. The quantitative estimate of drug-likeness (QED) is 0.702. The number of thiophene rings is 1. The predicted molar refractivity (Wildman–Crippen MR) is 97.9 cm³/mol. The van der Waals surface area contributed by atoms with E-state index in [1.165, 1.54) is 28.7 Å². The van der Waals surface area contributed by atoms with Crippen molar-refractivity contribution in [1.82, 2.24) is 25.0 Å². The first-order valence-electron chi connectivity index (χ1n) is 8.73. The number of carbonyl (C=O) groups excluding carboxylic acids is 2. The molecule has 3 aromatic rings. The molecule has 0 saturated carbocycles. The van der Waals surface area contributed by atoms with Gasteiger partial charge in [0.15, 0.2) is 0 Å². The zero-order chi connectivity index (χ0) is 18.6. The smallest absolute Gasteiger partial charge is 0.261 e. The van der Waals surface area contributed by atoms with Crippen LogP contribution in [0.2, 0.25) is 0 Å². The molecule has 4 heterocycles. The van der Waals surface area contributed by atoms with Gasteiger partial charge in [0.2, 0.25) is 5.91 Å². The van der Waals surface area contributed by atoms with Crippen LogP contribution in [-0.2, 0) is 17.9 Å². The van der Waals surface area contributed by atoms with E-state index < -0.39 is 0 Å². The number of nitrogens with one attached hydrogen (secondary N) is 1. The molecule has 1 fully saturated rings. The van der Waals surface area contributed by atoms with E-state index in [4.69, 9.17) is 4.42 Å². The average Bonchev–Trinajstić information content (AvgIpc) is 3.47. The third-order valence-electron chi connectivity index (χ3n) is 4.52. The fraction of sp³-hybridized carbons (Fsp3) is 0.333. The highest BCUT2D eigenvalue weighted by atomic mass is 32.1. The molecule has 1 N–H and O–H groups in total. The number of carbonyl (C=O) groups is 2. The summed E-state index contributed by atoms with van der Waals surface area (Å²) < 4.78 is 6.75. The van der Waals surface area contributed by atoms with Gasteiger partial charge in [-0.3, -0.25) is 9.59 Å². The summed E-state index contributed by atoms with van der Waals surface area (Å²) in [7, 11) is 0. The Morgan fingerprint density at radius 2 is 2.26 bits per heavy atom. The molecule has 1 saturated heterocycles. The maximum Gasteiger partial charge on any atom is 0.261 e. The number of hydrogen-bond acceptors (Lipinski definition) is 6. The van der Waals surface area contributed by atoms with E-state index in [0.717, 1.165) is 24.3 Å². The summed E-state index contributed by atoms with van der Waals surface area (Å²) >= 11 is 1.43. The number of amides is 2. The van der Waals surface area contributed by atoms with E-state index in [-0.39, 0.29) is 24.4 Å². The number of aromatic nitrogens is 3. The Hall–Kier alpha value is -2.94. The van der Waals surface area contributed by atoms with Crippen LogP contribution < -0.4 is 5.32 Å². The van der Waals surface area contributed by atoms with Crippen molar-refractivity contribution in [2.45, 2.75) is 32.0 Å². The SMILES string of the molecule is O=C(NCc1ccco1)c1ccc([C@H]2CCCN2C(=O)Cn2cncn2)s1. The molecule has 4 rings (SSSR count). The van der Waals surface area contributed by atoms with E-state index in [9.17, 15) is 9.59 Å². The second-order valence-corrected chi connectivity index (χ2v) is 7.42. The Bertz CT molecular complexity index is 903. The molecule has 1 aliphatic heterocycles. The minimum atomic E-state index is -0.138. The van der Waals surface area contributed by atoms with Crippen LogP contribution in [0.4, 0.5) is 0 Å². The predicted octanol–water partition coefficient (Wildman–Crippen LogP) is 2.23. The number of hydrogen-bond donors (Lipinski definition) is 1. The Morgan fingerprint density at radius 3 is 3.04 bits per heavy atom. The monoisotopic (exact) mass is 385 g/mol. The maximum atomic E-state index is 12.6. The van der Waals surface area contributed by atoms with E-state index in [1.54, 1.807) is 12.3 Å². The van der Waals surface area contributed by atoms with Crippen LogP contribution in [-0.4, -0.2) is 38.0 Å². The van der Waals surface area contributed by atoms with Gasteiger partial charge in [0.25, 0.3) is 5.91 Å². The lowest BCUT2D eigenvalue weighted by Gasteiger charge is -2.23. The first-order chi connectivity index (χ1) is 13.2. The summed E-state index contributed by atoms with van der Waals surface area (Å²) in [6.45, 7) is 1.25. The van der Waals surface area contributed by atoms with Gasteiger partial charge in [-0.2, -0.15) is 5.10 Å². The molecule has 0 unspecified atom stereocenters. The van der Waals surface area contributed by atoms with Gasteiger partial charge >= 0.3 is 0 Å². The molecule has 3 aromatic heterocycles. The van der Waals surface area contributed by atoms with Crippen molar-refractivity contribution < 1.29 is 14.0 Å². The molecule has 0 aliphatic carbocycles. The lowest BCUT2D eigenvalue weighted by Crippen LogP contribution is -2.33. The summed E-state index contributed by atoms with van der Waals surface area (Å²) in [6, 6.07) is 7.37. The van der Waals surface area contributed by atoms with Crippen LogP contribution in [0.5, 0.6) is 0 Å². The normalized spacial score (nSPS) is 16.6. The second kappa shape index (κ2) is 7.75. The van der Waals surface area contributed by atoms with Crippen LogP contribution >= 0.6 is 11.3 Å². The molecule has 1 atom stereocenters. The number of nitrogens with zero attached hydrogens (tertiary/aromatic N) is 4. The molecule has 0 bridgehead atoms. The van der Waals surface area contributed by atoms with E-state index in [1.807, 2.05) is 23.1 Å². The molecule has 8 nitrogen and oxygen atoms in total. The van der Waals surface area contributed by atoms with Crippen LogP contribution in [0.3, 0.4) is 0 Å². The lowest BCUT2D eigenvalue weighted by atomic mass is 10.2. The summed E-state index contributed by atoms with van der Waals surface area (Å²) in [5.41, 5.74) is 0. The molecule has 27 heavy (non-hydrogen) atoms. The number of rotatable bonds is 6. The van der Waals surface area contributed by atoms with Gasteiger partial charge < -0.3 is 14.6 Å². The van der Waals surface area contributed by atoms with Crippen molar-refractivity contribution in [2.24, 2.45) is 0 Å². The first kappa shape index (κ1) is 17.5. The Labute approximate surface area is 159 Å². The van der Waals surface area contributed by atoms with Crippen molar-refractivity contribution in [1.29, 1.82) is 0 Å². The maximum absolute atomic E-state index is 12.6. The highest BCUT2D eigenvalue weighted by Gasteiger charge is 2.31.